The van der Waals surface area contributed by atoms with Crippen molar-refractivity contribution in [2.24, 2.45) is 5.41 Å². The maximum absolute atomic E-state index is 11.9. The topological polar surface area (TPSA) is 29.1 Å². The van der Waals surface area contributed by atoms with Crippen molar-refractivity contribution in [2.75, 3.05) is 12.4 Å². The van der Waals surface area contributed by atoms with Crippen molar-refractivity contribution in [1.29, 1.82) is 0 Å². The molecule has 1 aromatic rings. The predicted octanol–water partition coefficient (Wildman–Crippen LogP) is 3.31. The van der Waals surface area contributed by atoms with Crippen LogP contribution in [0.2, 0.25) is 0 Å². The second-order valence-corrected chi connectivity index (χ2v) is 5.79. The molecule has 0 spiro atoms. The Balaban J connectivity index is 2.60. The van der Waals surface area contributed by atoms with Crippen LogP contribution in [-0.2, 0) is 6.42 Å². The normalized spacial score (nSPS) is 11.5. The van der Waals surface area contributed by atoms with Gasteiger partial charge < -0.3 is 5.32 Å². The lowest BCUT2D eigenvalue weighted by Crippen LogP contribution is -2.34. The zero-order valence-electron chi connectivity index (χ0n) is 9.97. The van der Waals surface area contributed by atoms with E-state index in [0.717, 1.165) is 16.9 Å². The van der Waals surface area contributed by atoms with E-state index in [9.17, 15) is 4.79 Å². The monoisotopic (exact) mass is 259 g/mol. The molecular formula is C12H18ClNOS. The van der Waals surface area contributed by atoms with Crippen molar-refractivity contribution in [3.8, 4) is 0 Å². The molecule has 0 fully saturated rings. The molecule has 90 valence electrons. The predicted molar refractivity (Wildman–Crippen MR) is 70.5 cm³/mol. The molecule has 1 aromatic heterocycles. The van der Waals surface area contributed by atoms with Crippen molar-refractivity contribution in [3.05, 3.63) is 21.9 Å². The summed E-state index contributed by atoms with van der Waals surface area (Å²) in [7, 11) is 0. The Morgan fingerprint density at radius 2 is 2.25 bits per heavy atom. The number of rotatable bonds is 5. The van der Waals surface area contributed by atoms with Crippen LogP contribution in [0, 0.1) is 5.41 Å². The lowest BCUT2D eigenvalue weighted by Gasteiger charge is -2.21. The molecule has 0 aliphatic carbocycles. The van der Waals surface area contributed by atoms with Gasteiger partial charge in [-0.3, -0.25) is 4.79 Å². The molecule has 0 unspecified atom stereocenters. The van der Waals surface area contributed by atoms with Crippen LogP contribution in [0.15, 0.2) is 11.4 Å². The smallest absolute Gasteiger partial charge is 0.261 e. The Bertz CT molecular complexity index is 360. The number of thiophene rings is 1. The van der Waals surface area contributed by atoms with Gasteiger partial charge in [-0.15, -0.1) is 22.9 Å². The van der Waals surface area contributed by atoms with Crippen molar-refractivity contribution in [3.63, 3.8) is 0 Å². The average Bonchev–Trinajstić information content (AvgIpc) is 2.74. The zero-order valence-corrected chi connectivity index (χ0v) is 11.5. The number of hydrogen-bond donors (Lipinski definition) is 1. The molecule has 0 aliphatic heterocycles. The Labute approximate surface area is 106 Å². The van der Waals surface area contributed by atoms with Gasteiger partial charge in [-0.2, -0.15) is 0 Å². The third-order valence-corrected chi connectivity index (χ3v) is 4.10. The van der Waals surface area contributed by atoms with Crippen LogP contribution in [-0.4, -0.2) is 18.3 Å². The van der Waals surface area contributed by atoms with E-state index in [4.69, 9.17) is 11.6 Å². The van der Waals surface area contributed by atoms with E-state index in [2.05, 4.69) is 12.2 Å². The molecular weight excluding hydrogens is 242 g/mol. The van der Waals surface area contributed by atoms with E-state index < -0.39 is 0 Å². The van der Waals surface area contributed by atoms with Gasteiger partial charge in [0.15, 0.2) is 0 Å². The maximum Gasteiger partial charge on any atom is 0.261 e. The van der Waals surface area contributed by atoms with E-state index >= 15 is 0 Å². The molecule has 1 rings (SSSR count). The van der Waals surface area contributed by atoms with Gasteiger partial charge in [0, 0.05) is 12.4 Å². The van der Waals surface area contributed by atoms with Crippen molar-refractivity contribution in [2.45, 2.75) is 27.2 Å². The minimum atomic E-state index is -0.0547. The quantitative estimate of drug-likeness (QED) is 0.808. The number of amides is 1. The molecule has 0 radical (unpaired) electrons. The van der Waals surface area contributed by atoms with Gasteiger partial charge in [0.25, 0.3) is 5.91 Å². The Morgan fingerprint density at radius 1 is 1.56 bits per heavy atom. The largest absolute Gasteiger partial charge is 0.351 e. The van der Waals surface area contributed by atoms with Crippen LogP contribution < -0.4 is 5.32 Å². The first kappa shape index (κ1) is 13.5. The Kier molecular flexibility index (Phi) is 4.81. The highest BCUT2D eigenvalue weighted by Gasteiger charge is 2.19. The fraction of sp³-hybridized carbons (Fsp3) is 0.583. The van der Waals surface area contributed by atoms with E-state index in [1.807, 2.05) is 25.3 Å². The van der Waals surface area contributed by atoms with Crippen LogP contribution in [0.3, 0.4) is 0 Å². The molecule has 4 heteroatoms. The van der Waals surface area contributed by atoms with Crippen molar-refractivity contribution < 1.29 is 4.79 Å². The van der Waals surface area contributed by atoms with Gasteiger partial charge in [-0.25, -0.2) is 0 Å². The number of halogens is 1. The molecule has 1 amide bonds. The van der Waals surface area contributed by atoms with Gasteiger partial charge in [-0.1, -0.05) is 20.8 Å². The standard InChI is InChI=1S/C12H18ClNOS/c1-4-9-5-6-16-10(9)11(15)14-8-12(2,3)7-13/h5-6H,4,7-8H2,1-3H3,(H,14,15). The van der Waals surface area contributed by atoms with Crippen LogP contribution in [0.25, 0.3) is 0 Å². The SMILES string of the molecule is CCc1ccsc1C(=O)NCC(C)(C)CCl. The molecule has 2 nitrogen and oxygen atoms in total. The lowest BCUT2D eigenvalue weighted by atomic mass is 9.96. The van der Waals surface area contributed by atoms with E-state index in [-0.39, 0.29) is 11.3 Å². The molecule has 0 atom stereocenters. The third kappa shape index (κ3) is 3.49. The van der Waals surface area contributed by atoms with Crippen LogP contribution in [0.1, 0.15) is 36.0 Å². The molecule has 0 bridgehead atoms. The molecule has 1 N–H and O–H groups in total. The highest BCUT2D eigenvalue weighted by molar-refractivity contribution is 7.12. The number of nitrogens with one attached hydrogen (secondary N) is 1. The summed E-state index contributed by atoms with van der Waals surface area (Å²) in [5, 5.41) is 4.90. The first-order valence-electron chi connectivity index (χ1n) is 5.40. The summed E-state index contributed by atoms with van der Waals surface area (Å²) in [5.74, 6) is 0.559. The minimum absolute atomic E-state index is 0.0186. The van der Waals surface area contributed by atoms with Crippen LogP contribution >= 0.6 is 22.9 Å². The van der Waals surface area contributed by atoms with Gasteiger partial charge in [0.2, 0.25) is 0 Å². The first-order valence-corrected chi connectivity index (χ1v) is 6.82. The highest BCUT2D eigenvalue weighted by atomic mass is 35.5. The zero-order chi connectivity index (χ0) is 12.2. The van der Waals surface area contributed by atoms with Crippen LogP contribution in [0.5, 0.6) is 0 Å². The van der Waals surface area contributed by atoms with Crippen molar-refractivity contribution in [1.82, 2.24) is 5.32 Å². The van der Waals surface area contributed by atoms with E-state index in [1.54, 1.807) is 0 Å². The highest BCUT2D eigenvalue weighted by Crippen LogP contribution is 2.19. The van der Waals surface area contributed by atoms with Crippen molar-refractivity contribution >= 4 is 28.8 Å². The maximum atomic E-state index is 11.9. The van der Waals surface area contributed by atoms with Gasteiger partial charge in [0.1, 0.15) is 0 Å². The number of aryl methyl sites for hydroxylation is 1. The molecule has 0 saturated heterocycles. The minimum Gasteiger partial charge on any atom is -0.351 e. The molecule has 0 aliphatic rings. The van der Waals surface area contributed by atoms with E-state index in [0.29, 0.717) is 12.4 Å². The second-order valence-electron chi connectivity index (χ2n) is 4.61. The number of carbonyl (C=O) groups excluding carboxylic acids is 1. The fourth-order valence-corrected chi connectivity index (χ4v) is 2.27. The fourth-order valence-electron chi connectivity index (χ4n) is 1.26. The summed E-state index contributed by atoms with van der Waals surface area (Å²) < 4.78 is 0. The van der Waals surface area contributed by atoms with E-state index in [1.165, 1.54) is 11.3 Å². The number of carbonyl (C=O) groups is 1. The number of hydrogen-bond acceptors (Lipinski definition) is 2. The lowest BCUT2D eigenvalue weighted by molar-refractivity contribution is 0.0943. The van der Waals surface area contributed by atoms with Crippen LogP contribution in [0.4, 0.5) is 0 Å². The molecule has 0 aromatic carbocycles. The van der Waals surface area contributed by atoms with Gasteiger partial charge in [-0.05, 0) is 28.8 Å². The molecule has 1 heterocycles. The molecule has 0 saturated carbocycles. The molecule has 16 heavy (non-hydrogen) atoms. The summed E-state index contributed by atoms with van der Waals surface area (Å²) in [6.07, 6.45) is 0.894. The number of alkyl halides is 1. The summed E-state index contributed by atoms with van der Waals surface area (Å²) in [5.41, 5.74) is 1.06. The Morgan fingerprint density at radius 3 is 2.81 bits per heavy atom. The Hall–Kier alpha value is -0.540. The second kappa shape index (κ2) is 5.69. The third-order valence-electron chi connectivity index (χ3n) is 2.42. The van der Waals surface area contributed by atoms with Gasteiger partial charge in [0.05, 0.1) is 4.88 Å². The summed E-state index contributed by atoms with van der Waals surface area (Å²) >= 11 is 7.31. The first-order chi connectivity index (χ1) is 7.50. The summed E-state index contributed by atoms with van der Waals surface area (Å²) in [6.45, 7) is 6.74. The summed E-state index contributed by atoms with van der Waals surface area (Å²) in [6, 6.07) is 2.01. The summed E-state index contributed by atoms with van der Waals surface area (Å²) in [4.78, 5) is 12.7. The average molecular weight is 260 g/mol. The van der Waals surface area contributed by atoms with Gasteiger partial charge >= 0.3 is 0 Å².